The molecule has 3 aromatic rings. The second-order valence-electron chi connectivity index (χ2n) is 6.32. The molecular weight excluding hydrogens is 392 g/mol. The molecular formula is C21H26N2O5S. The van der Waals surface area contributed by atoms with E-state index in [-0.39, 0.29) is 6.61 Å². The van der Waals surface area contributed by atoms with Crippen molar-refractivity contribution in [3.63, 3.8) is 0 Å². The third-order valence-corrected chi connectivity index (χ3v) is 5.20. The van der Waals surface area contributed by atoms with E-state index >= 15 is 0 Å². The Morgan fingerprint density at radius 3 is 2.69 bits per heavy atom. The van der Waals surface area contributed by atoms with E-state index in [4.69, 9.17) is 18.9 Å². The molecule has 0 saturated heterocycles. The van der Waals surface area contributed by atoms with Crippen LogP contribution in [-0.4, -0.2) is 54.4 Å². The molecule has 8 heteroatoms. The third-order valence-electron chi connectivity index (χ3n) is 4.18. The van der Waals surface area contributed by atoms with Crippen LogP contribution in [0.1, 0.15) is 12.5 Å². The number of benzene rings is 2. The monoisotopic (exact) mass is 418 g/mol. The zero-order valence-electron chi connectivity index (χ0n) is 16.8. The van der Waals surface area contributed by atoms with Crippen LogP contribution in [0.15, 0.2) is 41.6 Å². The van der Waals surface area contributed by atoms with Crippen LogP contribution in [-0.2, 0) is 11.3 Å². The van der Waals surface area contributed by atoms with Gasteiger partial charge < -0.3 is 29.0 Å². The summed E-state index contributed by atoms with van der Waals surface area (Å²) in [6.45, 7) is 3.19. The highest BCUT2D eigenvalue weighted by molar-refractivity contribution is 7.99. The van der Waals surface area contributed by atoms with Crippen molar-refractivity contribution in [2.24, 2.45) is 0 Å². The molecule has 0 bridgehead atoms. The predicted molar refractivity (Wildman–Crippen MR) is 113 cm³/mol. The Bertz CT molecular complexity index is 931. The van der Waals surface area contributed by atoms with Gasteiger partial charge in [0, 0.05) is 11.8 Å². The van der Waals surface area contributed by atoms with Crippen molar-refractivity contribution < 1.29 is 24.1 Å². The molecule has 0 aliphatic rings. The highest BCUT2D eigenvalue weighted by atomic mass is 32.2. The van der Waals surface area contributed by atoms with E-state index in [9.17, 15) is 5.11 Å². The van der Waals surface area contributed by atoms with Gasteiger partial charge in [0.2, 0.25) is 0 Å². The number of nitrogens with one attached hydrogen (secondary N) is 1. The first-order valence-electron chi connectivity index (χ1n) is 9.35. The lowest BCUT2D eigenvalue weighted by Gasteiger charge is -2.12. The third kappa shape index (κ3) is 5.79. The average molecular weight is 419 g/mol. The number of H-pyrrole nitrogens is 1. The number of imidazole rings is 1. The second kappa shape index (κ2) is 10.4. The van der Waals surface area contributed by atoms with Gasteiger partial charge in [0.1, 0.15) is 5.75 Å². The van der Waals surface area contributed by atoms with E-state index in [0.717, 1.165) is 27.5 Å². The van der Waals surface area contributed by atoms with Crippen LogP contribution in [0.5, 0.6) is 17.2 Å². The number of hydrogen-bond donors (Lipinski definition) is 2. The maximum Gasteiger partial charge on any atom is 0.166 e. The van der Waals surface area contributed by atoms with Crippen molar-refractivity contribution in [1.82, 2.24) is 9.97 Å². The van der Waals surface area contributed by atoms with Crippen LogP contribution in [0.4, 0.5) is 0 Å². The number of rotatable bonds is 11. The van der Waals surface area contributed by atoms with Crippen molar-refractivity contribution in [3.8, 4) is 17.2 Å². The van der Waals surface area contributed by atoms with E-state index < -0.39 is 6.10 Å². The predicted octanol–water partition coefficient (Wildman–Crippen LogP) is 3.65. The highest BCUT2D eigenvalue weighted by Gasteiger charge is 2.10. The number of aliphatic hydroxyl groups excluding tert-OH is 1. The lowest BCUT2D eigenvalue weighted by atomic mass is 10.2. The number of thioether (sulfide) groups is 1. The Labute approximate surface area is 174 Å². The molecule has 0 amide bonds. The van der Waals surface area contributed by atoms with E-state index in [1.165, 1.54) is 11.8 Å². The van der Waals surface area contributed by atoms with Gasteiger partial charge in [-0.25, -0.2) is 4.98 Å². The lowest BCUT2D eigenvalue weighted by Crippen LogP contribution is -2.18. The molecule has 0 spiro atoms. The van der Waals surface area contributed by atoms with Crippen molar-refractivity contribution in [2.75, 3.05) is 33.2 Å². The summed E-state index contributed by atoms with van der Waals surface area (Å²) < 4.78 is 21.7. The number of nitrogens with zero attached hydrogens (tertiary/aromatic N) is 1. The molecule has 1 atom stereocenters. The molecule has 7 nitrogen and oxygen atoms in total. The maximum absolute atomic E-state index is 10.2. The molecule has 0 radical (unpaired) electrons. The minimum atomic E-state index is -0.604. The summed E-state index contributed by atoms with van der Waals surface area (Å²) in [7, 11) is 3.20. The number of ether oxygens (including phenoxy) is 4. The minimum Gasteiger partial charge on any atom is -0.494 e. The first kappa shape index (κ1) is 21.3. The molecule has 1 heterocycles. The van der Waals surface area contributed by atoms with Gasteiger partial charge in [-0.15, -0.1) is 0 Å². The van der Waals surface area contributed by atoms with Crippen LogP contribution < -0.4 is 14.2 Å². The average Bonchev–Trinajstić information content (AvgIpc) is 3.14. The van der Waals surface area contributed by atoms with Crippen molar-refractivity contribution in [2.45, 2.75) is 24.8 Å². The van der Waals surface area contributed by atoms with Crippen LogP contribution in [0, 0.1) is 0 Å². The summed E-state index contributed by atoms with van der Waals surface area (Å²) in [6.07, 6.45) is -0.604. The smallest absolute Gasteiger partial charge is 0.166 e. The molecule has 0 saturated carbocycles. The van der Waals surface area contributed by atoms with Crippen LogP contribution in [0.25, 0.3) is 11.0 Å². The highest BCUT2D eigenvalue weighted by Crippen LogP contribution is 2.28. The van der Waals surface area contributed by atoms with Gasteiger partial charge in [-0.3, -0.25) is 0 Å². The number of aromatic nitrogens is 2. The van der Waals surface area contributed by atoms with Gasteiger partial charge in [-0.2, -0.15) is 0 Å². The summed E-state index contributed by atoms with van der Waals surface area (Å²) in [5, 5.41) is 11.0. The first-order chi connectivity index (χ1) is 14.1. The summed E-state index contributed by atoms with van der Waals surface area (Å²) in [5.41, 5.74) is 2.73. The van der Waals surface area contributed by atoms with Gasteiger partial charge in [-0.1, -0.05) is 17.8 Å². The van der Waals surface area contributed by atoms with Gasteiger partial charge in [0.15, 0.2) is 16.7 Å². The SMILES string of the molecule is CCOc1ccc2nc(SCC(O)COCc3ccc(OC)c(OC)c3)[nH]c2c1. The topological polar surface area (TPSA) is 85.8 Å². The van der Waals surface area contributed by atoms with Gasteiger partial charge in [0.05, 0.1) is 51.2 Å². The summed E-state index contributed by atoms with van der Waals surface area (Å²) in [5.74, 6) is 2.61. The quantitative estimate of drug-likeness (QED) is 0.460. The van der Waals surface area contributed by atoms with Crippen molar-refractivity contribution in [1.29, 1.82) is 0 Å². The van der Waals surface area contributed by atoms with E-state index in [1.807, 2.05) is 43.3 Å². The van der Waals surface area contributed by atoms with Gasteiger partial charge >= 0.3 is 0 Å². The Morgan fingerprint density at radius 2 is 1.93 bits per heavy atom. The molecule has 3 rings (SSSR count). The molecule has 0 fully saturated rings. The molecule has 1 unspecified atom stereocenters. The normalized spacial score (nSPS) is 12.1. The zero-order valence-corrected chi connectivity index (χ0v) is 17.6. The fourth-order valence-corrected chi connectivity index (χ4v) is 3.59. The van der Waals surface area contributed by atoms with Crippen LogP contribution >= 0.6 is 11.8 Å². The molecule has 29 heavy (non-hydrogen) atoms. The number of hydrogen-bond acceptors (Lipinski definition) is 7. The van der Waals surface area contributed by atoms with E-state index in [1.54, 1.807) is 14.2 Å². The number of fused-ring (bicyclic) bond motifs is 1. The maximum atomic E-state index is 10.2. The molecule has 1 aromatic heterocycles. The fourth-order valence-electron chi connectivity index (χ4n) is 2.80. The Hall–Kier alpha value is -2.42. The second-order valence-corrected chi connectivity index (χ2v) is 7.33. The largest absolute Gasteiger partial charge is 0.494 e. The number of methoxy groups -OCH3 is 2. The fraction of sp³-hybridized carbons (Fsp3) is 0.381. The number of aromatic amines is 1. The van der Waals surface area contributed by atoms with Crippen LogP contribution in [0.3, 0.4) is 0 Å². The Morgan fingerprint density at radius 1 is 1.10 bits per heavy atom. The molecule has 156 valence electrons. The van der Waals surface area contributed by atoms with E-state index in [0.29, 0.717) is 30.5 Å². The zero-order chi connectivity index (χ0) is 20.6. The van der Waals surface area contributed by atoms with Gasteiger partial charge in [-0.05, 0) is 36.8 Å². The first-order valence-corrected chi connectivity index (χ1v) is 10.3. The lowest BCUT2D eigenvalue weighted by molar-refractivity contribution is 0.0397. The summed E-state index contributed by atoms with van der Waals surface area (Å²) in [4.78, 5) is 7.77. The Kier molecular flexibility index (Phi) is 7.62. The van der Waals surface area contributed by atoms with Crippen molar-refractivity contribution >= 4 is 22.8 Å². The van der Waals surface area contributed by atoms with Crippen LogP contribution in [0.2, 0.25) is 0 Å². The summed E-state index contributed by atoms with van der Waals surface area (Å²) in [6, 6.07) is 11.4. The van der Waals surface area contributed by atoms with Crippen molar-refractivity contribution in [3.05, 3.63) is 42.0 Å². The molecule has 0 aliphatic carbocycles. The Balaban J connectivity index is 1.46. The minimum absolute atomic E-state index is 0.232. The molecule has 0 aliphatic heterocycles. The molecule has 2 aromatic carbocycles. The number of aliphatic hydroxyl groups is 1. The standard InChI is InChI=1S/C21H26N2O5S/c1-4-28-16-6-7-17-18(10-16)23-21(22-17)29-13-15(24)12-27-11-14-5-8-19(25-2)20(9-14)26-3/h5-10,15,24H,4,11-13H2,1-3H3,(H,22,23). The summed E-state index contributed by atoms with van der Waals surface area (Å²) >= 11 is 1.46. The molecule has 2 N–H and O–H groups in total. The van der Waals surface area contributed by atoms with Gasteiger partial charge in [0.25, 0.3) is 0 Å². The van der Waals surface area contributed by atoms with E-state index in [2.05, 4.69) is 9.97 Å².